The first-order valence-electron chi connectivity index (χ1n) is 24.4. The van der Waals surface area contributed by atoms with Crippen LogP contribution in [0.4, 0.5) is 18.9 Å². The first-order chi connectivity index (χ1) is 34.1. The van der Waals surface area contributed by atoms with E-state index in [1.807, 2.05) is 42.0 Å². The molecule has 6 aromatic rings. The van der Waals surface area contributed by atoms with E-state index in [1.54, 1.807) is 35.8 Å². The number of nitrogens with zero attached hydrogens (tertiary/aromatic N) is 9. The number of rotatable bonds is 11. The van der Waals surface area contributed by atoms with Crippen molar-refractivity contribution < 1.29 is 27.6 Å². The number of halogens is 3. The molecule has 0 radical (unpaired) electrons. The van der Waals surface area contributed by atoms with E-state index < -0.39 is 29.4 Å². The molecule has 19 heteroatoms. The fourth-order valence-corrected chi connectivity index (χ4v) is 11.1. The number of anilines is 1. The van der Waals surface area contributed by atoms with Crippen LogP contribution in [0.3, 0.4) is 0 Å². The second-order valence-corrected chi connectivity index (χ2v) is 19.6. The summed E-state index contributed by atoms with van der Waals surface area (Å²) >= 11 is 0. The average Bonchev–Trinajstić information content (AvgIpc) is 3.80. The van der Waals surface area contributed by atoms with Gasteiger partial charge in [-0.25, -0.2) is 22.9 Å². The highest BCUT2D eigenvalue weighted by atomic mass is 19.1. The maximum atomic E-state index is 15.8. The molecule has 2 atom stereocenters. The van der Waals surface area contributed by atoms with Gasteiger partial charge in [-0.3, -0.25) is 52.9 Å². The number of imide groups is 1. The fraction of sp³-hybridized carbons (Fsp3) is 0.423. The molecule has 4 aliphatic rings. The number of nitrogens with one attached hydrogen (secondary N) is 2. The van der Waals surface area contributed by atoms with Crippen LogP contribution in [-0.4, -0.2) is 126 Å². The molecule has 0 saturated carbocycles. The SMILES string of the molecule is CNc1cc(=O)n(-c2ccnc3c2cc(CN2CC=C(c4c(F)cc(C(=O)N5CCC(CN6CCN(Cc7ccc8c(c7)n(C)c(=O)n8C7CCC(=O)NC7=O)C[C@@H]6C)CC5)cc4F)CC2)n3C)cc1F. The van der Waals surface area contributed by atoms with Gasteiger partial charge in [-0.2, -0.15) is 0 Å². The average molecular weight is 974 g/mol. The first kappa shape index (κ1) is 47.8. The molecule has 3 saturated heterocycles. The van der Waals surface area contributed by atoms with Gasteiger partial charge in [0.2, 0.25) is 11.8 Å². The topological polar surface area (TPSA) is 155 Å². The molecule has 71 heavy (non-hydrogen) atoms. The van der Waals surface area contributed by atoms with Crippen molar-refractivity contribution >= 4 is 51.0 Å². The van der Waals surface area contributed by atoms with E-state index in [2.05, 4.69) is 37.2 Å². The van der Waals surface area contributed by atoms with Gasteiger partial charge in [-0.05, 0) is 86.1 Å². The third-order valence-electron chi connectivity index (χ3n) is 15.2. The van der Waals surface area contributed by atoms with Crippen LogP contribution in [0.2, 0.25) is 0 Å². The molecule has 3 amide bonds. The normalized spacial score (nSPS) is 20.0. The number of hydrogen-bond acceptors (Lipinski definition) is 10. The lowest BCUT2D eigenvalue weighted by Crippen LogP contribution is -2.53. The van der Waals surface area contributed by atoms with E-state index in [4.69, 9.17) is 0 Å². The highest BCUT2D eigenvalue weighted by molar-refractivity contribution is 6.00. The molecule has 0 aliphatic carbocycles. The molecule has 3 fully saturated rings. The quantitative estimate of drug-likeness (QED) is 0.167. The Hall–Kier alpha value is -6.83. The van der Waals surface area contributed by atoms with Crippen molar-refractivity contribution in [2.45, 2.75) is 64.2 Å². The zero-order chi connectivity index (χ0) is 49.8. The Morgan fingerprint density at radius 1 is 0.831 bits per heavy atom. The number of aryl methyl sites for hydroxylation is 2. The zero-order valence-electron chi connectivity index (χ0n) is 40.4. The monoisotopic (exact) mass is 973 g/mol. The van der Waals surface area contributed by atoms with Crippen LogP contribution in [0.15, 0.2) is 76.6 Å². The molecule has 1 unspecified atom stereocenters. The standard InChI is InChI=1S/C52H58F3N11O5/c1-31-26-62(27-33-5-6-43-45(21-33)60(4)52(71)66(43)44-7-8-46(67)58-50(44)69)19-20-64(31)28-32-10-17-63(18-11-32)51(70)35-22-38(53)48(39(54)23-35)34-12-15-61(16-13-34)29-36-24-37-42(9-14-57-49(37)59(36)3)65-30-40(55)41(56-2)25-47(65)68/h5-6,9,12,14,21-25,30-32,44,56H,7-8,10-11,13,15-20,26-29H2,1-4H3,(H,58,67,69)/t31-,44?/m0/s1. The summed E-state index contributed by atoms with van der Waals surface area (Å²) in [4.78, 5) is 77.5. The van der Waals surface area contributed by atoms with E-state index in [0.717, 1.165) is 62.0 Å². The van der Waals surface area contributed by atoms with Gasteiger partial charge >= 0.3 is 5.69 Å². The number of carbonyl (C=O) groups is 3. The molecule has 16 nitrogen and oxygen atoms in total. The van der Waals surface area contributed by atoms with Gasteiger partial charge in [0.05, 0.1) is 28.6 Å². The molecular formula is C52H58F3N11O5. The summed E-state index contributed by atoms with van der Waals surface area (Å²) in [5.74, 6) is -2.84. The first-order valence-corrected chi connectivity index (χ1v) is 24.4. The van der Waals surface area contributed by atoms with Gasteiger partial charge in [0.15, 0.2) is 5.82 Å². The van der Waals surface area contributed by atoms with E-state index in [9.17, 15) is 28.4 Å². The van der Waals surface area contributed by atoms with Crippen LogP contribution in [0.1, 0.15) is 72.2 Å². The second-order valence-electron chi connectivity index (χ2n) is 19.6. The van der Waals surface area contributed by atoms with Crippen LogP contribution >= 0.6 is 0 Å². The number of carbonyl (C=O) groups excluding carboxylic acids is 3. The summed E-state index contributed by atoms with van der Waals surface area (Å²) in [6.07, 6.45) is 7.04. The number of benzene rings is 2. The van der Waals surface area contributed by atoms with Gasteiger partial charge in [-0.15, -0.1) is 0 Å². The van der Waals surface area contributed by atoms with Gasteiger partial charge in [0, 0.05) is 134 Å². The highest BCUT2D eigenvalue weighted by Crippen LogP contribution is 2.32. The number of pyridine rings is 2. The van der Waals surface area contributed by atoms with Crippen molar-refractivity contribution in [2.24, 2.45) is 20.0 Å². The summed E-state index contributed by atoms with van der Waals surface area (Å²) in [5.41, 5.74) is 4.39. The Balaban J connectivity index is 0.713. The lowest BCUT2D eigenvalue weighted by atomic mass is 9.94. The molecule has 4 aromatic heterocycles. The van der Waals surface area contributed by atoms with Crippen molar-refractivity contribution in [2.75, 3.05) is 64.7 Å². The molecular weight excluding hydrogens is 916 g/mol. The van der Waals surface area contributed by atoms with Gasteiger partial charge < -0.3 is 14.8 Å². The minimum Gasteiger partial charge on any atom is -0.386 e. The molecule has 8 heterocycles. The third-order valence-corrected chi connectivity index (χ3v) is 15.2. The molecule has 4 aliphatic heterocycles. The number of amides is 3. The number of aromatic nitrogens is 5. The molecule has 0 bridgehead atoms. The number of likely N-dealkylation sites (tertiary alicyclic amines) is 1. The maximum absolute atomic E-state index is 15.8. The van der Waals surface area contributed by atoms with Gasteiger partial charge in [-0.1, -0.05) is 12.1 Å². The smallest absolute Gasteiger partial charge is 0.329 e. The molecule has 2 aromatic carbocycles. The van der Waals surface area contributed by atoms with Crippen molar-refractivity contribution in [1.82, 2.24) is 48.2 Å². The fourth-order valence-electron chi connectivity index (χ4n) is 11.1. The Bertz CT molecular complexity index is 3230. The van der Waals surface area contributed by atoms with Crippen LogP contribution in [0.5, 0.6) is 0 Å². The Kier molecular flexibility index (Phi) is 13.1. The van der Waals surface area contributed by atoms with Crippen LogP contribution in [-0.2, 0) is 36.8 Å². The summed E-state index contributed by atoms with van der Waals surface area (Å²) < 4.78 is 52.6. The Labute approximate surface area is 407 Å². The van der Waals surface area contributed by atoms with E-state index >= 15 is 8.78 Å². The number of piperazine rings is 1. The maximum Gasteiger partial charge on any atom is 0.329 e. The van der Waals surface area contributed by atoms with Crippen molar-refractivity contribution in [1.29, 1.82) is 0 Å². The predicted molar refractivity (Wildman–Crippen MR) is 264 cm³/mol. The molecule has 2 N–H and O–H groups in total. The van der Waals surface area contributed by atoms with Gasteiger partial charge in [0.1, 0.15) is 23.3 Å². The molecule has 10 rings (SSSR count). The summed E-state index contributed by atoms with van der Waals surface area (Å²) in [6.45, 7) is 8.94. The number of hydrogen-bond donors (Lipinski definition) is 2. The Morgan fingerprint density at radius 3 is 2.31 bits per heavy atom. The van der Waals surface area contributed by atoms with E-state index in [-0.39, 0.29) is 52.7 Å². The van der Waals surface area contributed by atoms with Crippen LogP contribution in [0.25, 0.3) is 33.3 Å². The lowest BCUT2D eigenvalue weighted by Gasteiger charge is -2.42. The predicted octanol–water partition coefficient (Wildman–Crippen LogP) is 5.16. The minimum atomic E-state index is -0.757. The summed E-state index contributed by atoms with van der Waals surface area (Å²) in [5, 5.41) is 5.73. The summed E-state index contributed by atoms with van der Waals surface area (Å²) in [6, 6.07) is 12.6. The second kappa shape index (κ2) is 19.4. The van der Waals surface area contributed by atoms with Crippen molar-refractivity contribution in [3.8, 4) is 5.69 Å². The van der Waals surface area contributed by atoms with Crippen LogP contribution in [0, 0.1) is 23.4 Å². The van der Waals surface area contributed by atoms with E-state index in [0.29, 0.717) is 85.5 Å². The molecule has 0 spiro atoms. The summed E-state index contributed by atoms with van der Waals surface area (Å²) in [7, 11) is 5.13. The van der Waals surface area contributed by atoms with Gasteiger partial charge in [0.25, 0.3) is 11.5 Å². The Morgan fingerprint density at radius 2 is 1.61 bits per heavy atom. The highest BCUT2D eigenvalue weighted by Gasteiger charge is 2.33. The minimum absolute atomic E-state index is 0.00460. The van der Waals surface area contributed by atoms with Crippen LogP contribution < -0.4 is 21.9 Å². The number of fused-ring (bicyclic) bond motifs is 2. The van der Waals surface area contributed by atoms with E-state index in [1.165, 1.54) is 27.3 Å². The zero-order valence-corrected chi connectivity index (χ0v) is 40.4. The van der Waals surface area contributed by atoms with Crippen molar-refractivity contribution in [3.05, 3.63) is 128 Å². The molecule has 372 valence electrons. The largest absolute Gasteiger partial charge is 0.386 e. The third kappa shape index (κ3) is 9.21. The number of piperidine rings is 2. The lowest BCUT2D eigenvalue weighted by molar-refractivity contribution is -0.135. The van der Waals surface area contributed by atoms with Crippen molar-refractivity contribution in [3.63, 3.8) is 0 Å². The number of imidazole rings is 1.